The van der Waals surface area contributed by atoms with Gasteiger partial charge in [0.1, 0.15) is 0 Å². The van der Waals surface area contributed by atoms with E-state index in [2.05, 4.69) is 74.7 Å². The van der Waals surface area contributed by atoms with E-state index in [0.29, 0.717) is 6.04 Å². The molecule has 0 radical (unpaired) electrons. The van der Waals surface area contributed by atoms with Crippen LogP contribution in [0.15, 0.2) is 54.7 Å². The zero-order chi connectivity index (χ0) is 15.0. The Balaban J connectivity index is 2.14. The molecule has 0 spiro atoms. The van der Waals surface area contributed by atoms with Crippen LogP contribution in [0.4, 0.5) is 0 Å². The molecular formula is C20H23N. The lowest BCUT2D eigenvalue weighted by molar-refractivity contribution is 0.276. The van der Waals surface area contributed by atoms with Crippen LogP contribution in [0.25, 0.3) is 0 Å². The van der Waals surface area contributed by atoms with Gasteiger partial charge in [0.25, 0.3) is 0 Å². The Morgan fingerprint density at radius 1 is 1.10 bits per heavy atom. The molecule has 1 heteroatoms. The summed E-state index contributed by atoms with van der Waals surface area (Å²) in [5, 5.41) is 0. The van der Waals surface area contributed by atoms with Gasteiger partial charge in [-0.25, -0.2) is 0 Å². The first-order valence-corrected chi connectivity index (χ1v) is 7.65. The number of allylic oxidation sites excluding steroid dienone is 1. The van der Waals surface area contributed by atoms with Gasteiger partial charge in [-0.15, -0.1) is 0 Å². The summed E-state index contributed by atoms with van der Waals surface area (Å²) in [4.78, 5) is 2.44. The second kappa shape index (κ2) is 5.40. The number of hydrogen-bond donors (Lipinski definition) is 0. The number of aryl methyl sites for hydroxylation is 2. The second-order valence-electron chi connectivity index (χ2n) is 6.12. The van der Waals surface area contributed by atoms with Crippen LogP contribution < -0.4 is 0 Å². The van der Waals surface area contributed by atoms with Gasteiger partial charge in [-0.05, 0) is 55.0 Å². The molecule has 1 aliphatic heterocycles. The van der Waals surface area contributed by atoms with Gasteiger partial charge in [-0.1, -0.05) is 49.0 Å². The summed E-state index contributed by atoms with van der Waals surface area (Å²) in [6, 6.07) is 16.0. The maximum Gasteiger partial charge on any atom is 0.0795 e. The van der Waals surface area contributed by atoms with E-state index < -0.39 is 0 Å². The van der Waals surface area contributed by atoms with Gasteiger partial charge >= 0.3 is 0 Å². The molecule has 0 aromatic heterocycles. The normalized spacial score (nSPS) is 17.5. The Hall–Kier alpha value is -2.02. The third-order valence-electron chi connectivity index (χ3n) is 4.62. The van der Waals surface area contributed by atoms with Crippen LogP contribution in [-0.4, -0.2) is 11.4 Å². The van der Waals surface area contributed by atoms with Crippen LogP contribution >= 0.6 is 0 Å². The van der Waals surface area contributed by atoms with Crippen molar-refractivity contribution in [3.8, 4) is 0 Å². The highest BCUT2D eigenvalue weighted by Crippen LogP contribution is 2.37. The van der Waals surface area contributed by atoms with Crippen molar-refractivity contribution in [2.75, 3.05) is 6.54 Å². The molecule has 0 N–H and O–H groups in total. The van der Waals surface area contributed by atoms with Crippen molar-refractivity contribution in [2.45, 2.75) is 33.2 Å². The highest BCUT2D eigenvalue weighted by molar-refractivity contribution is 5.43. The predicted octanol–water partition coefficient (Wildman–Crippen LogP) is 4.78. The number of rotatable bonds is 2. The molecule has 0 aliphatic carbocycles. The average Bonchev–Trinajstić information content (AvgIpc) is 2.49. The summed E-state index contributed by atoms with van der Waals surface area (Å²) in [7, 11) is 0. The van der Waals surface area contributed by atoms with Crippen molar-refractivity contribution in [2.24, 2.45) is 0 Å². The van der Waals surface area contributed by atoms with E-state index in [0.717, 1.165) is 18.7 Å². The number of hydrogen-bond acceptors (Lipinski definition) is 1. The molecule has 2 aromatic carbocycles. The molecule has 1 aliphatic rings. The molecule has 0 fully saturated rings. The van der Waals surface area contributed by atoms with E-state index in [1.807, 2.05) is 0 Å². The standard InChI is InChI=1S/C20H23N/c1-14(2)21-12-11-17-7-5-6-8-19(17)20(21)18-10-9-15(3)16(4)13-18/h5-10,13,20H,1,11-12H2,2-4H3. The SMILES string of the molecule is C=C(C)N1CCc2ccccc2C1c1ccc(C)c(C)c1. The lowest BCUT2D eigenvalue weighted by Gasteiger charge is -2.39. The molecule has 1 unspecified atom stereocenters. The van der Waals surface area contributed by atoms with E-state index in [1.165, 1.54) is 27.8 Å². The molecule has 1 heterocycles. The molecule has 21 heavy (non-hydrogen) atoms. The summed E-state index contributed by atoms with van der Waals surface area (Å²) in [5.41, 5.74) is 8.12. The molecule has 1 atom stereocenters. The van der Waals surface area contributed by atoms with Gasteiger partial charge in [0.15, 0.2) is 0 Å². The van der Waals surface area contributed by atoms with E-state index in [4.69, 9.17) is 0 Å². The van der Waals surface area contributed by atoms with Crippen molar-refractivity contribution in [3.05, 3.63) is 82.6 Å². The van der Waals surface area contributed by atoms with Gasteiger partial charge in [0.05, 0.1) is 6.04 Å². The molecule has 0 amide bonds. The smallest absolute Gasteiger partial charge is 0.0795 e. The van der Waals surface area contributed by atoms with E-state index in [9.17, 15) is 0 Å². The largest absolute Gasteiger partial charge is 0.364 e. The second-order valence-corrected chi connectivity index (χ2v) is 6.12. The monoisotopic (exact) mass is 277 g/mol. The van der Waals surface area contributed by atoms with Gasteiger partial charge in [0, 0.05) is 12.2 Å². The fourth-order valence-electron chi connectivity index (χ4n) is 3.27. The first-order valence-electron chi connectivity index (χ1n) is 7.65. The van der Waals surface area contributed by atoms with Crippen LogP contribution in [-0.2, 0) is 6.42 Å². The number of benzene rings is 2. The predicted molar refractivity (Wildman–Crippen MR) is 89.4 cm³/mol. The zero-order valence-corrected chi connectivity index (χ0v) is 13.2. The first kappa shape index (κ1) is 13.9. The third-order valence-corrected chi connectivity index (χ3v) is 4.62. The third kappa shape index (κ3) is 2.49. The van der Waals surface area contributed by atoms with Crippen molar-refractivity contribution in [3.63, 3.8) is 0 Å². The van der Waals surface area contributed by atoms with Gasteiger partial charge in [-0.3, -0.25) is 0 Å². The molecular weight excluding hydrogens is 254 g/mol. The molecule has 0 saturated carbocycles. The van der Waals surface area contributed by atoms with Crippen molar-refractivity contribution >= 4 is 0 Å². The highest BCUT2D eigenvalue weighted by Gasteiger charge is 2.28. The lowest BCUT2D eigenvalue weighted by atomic mass is 9.87. The Labute approximate surface area is 127 Å². The fourth-order valence-corrected chi connectivity index (χ4v) is 3.27. The number of fused-ring (bicyclic) bond motifs is 1. The first-order chi connectivity index (χ1) is 10.1. The van der Waals surface area contributed by atoms with E-state index in [1.54, 1.807) is 0 Å². The Bertz CT molecular complexity index is 684. The van der Waals surface area contributed by atoms with Crippen LogP contribution in [0.3, 0.4) is 0 Å². The summed E-state index contributed by atoms with van der Waals surface area (Å²) < 4.78 is 0. The Kier molecular flexibility index (Phi) is 3.59. The Morgan fingerprint density at radius 2 is 1.86 bits per heavy atom. The summed E-state index contributed by atoms with van der Waals surface area (Å²) in [5.74, 6) is 0. The van der Waals surface area contributed by atoms with Gasteiger partial charge in [0.2, 0.25) is 0 Å². The van der Waals surface area contributed by atoms with E-state index in [-0.39, 0.29) is 0 Å². The summed E-state index contributed by atoms with van der Waals surface area (Å²) >= 11 is 0. The average molecular weight is 277 g/mol. The van der Waals surface area contributed by atoms with Crippen LogP contribution in [0, 0.1) is 13.8 Å². The van der Waals surface area contributed by atoms with E-state index >= 15 is 0 Å². The number of nitrogens with zero attached hydrogens (tertiary/aromatic N) is 1. The topological polar surface area (TPSA) is 3.24 Å². The molecule has 3 rings (SSSR count). The maximum atomic E-state index is 4.19. The lowest BCUT2D eigenvalue weighted by Crippen LogP contribution is -2.34. The van der Waals surface area contributed by atoms with Gasteiger partial charge < -0.3 is 4.90 Å². The fraction of sp³-hybridized carbons (Fsp3) is 0.300. The minimum absolute atomic E-state index is 0.298. The molecule has 2 aromatic rings. The minimum Gasteiger partial charge on any atom is -0.364 e. The zero-order valence-electron chi connectivity index (χ0n) is 13.2. The molecule has 0 saturated heterocycles. The van der Waals surface area contributed by atoms with Gasteiger partial charge in [-0.2, -0.15) is 0 Å². The van der Waals surface area contributed by atoms with Crippen LogP contribution in [0.5, 0.6) is 0 Å². The Morgan fingerprint density at radius 3 is 2.57 bits per heavy atom. The molecule has 0 bridgehead atoms. The van der Waals surface area contributed by atoms with Crippen molar-refractivity contribution in [1.29, 1.82) is 0 Å². The quantitative estimate of drug-likeness (QED) is 0.763. The van der Waals surface area contributed by atoms with Crippen LogP contribution in [0.1, 0.15) is 40.8 Å². The minimum atomic E-state index is 0.298. The molecule has 1 nitrogen and oxygen atoms in total. The van der Waals surface area contributed by atoms with Crippen molar-refractivity contribution < 1.29 is 0 Å². The maximum absolute atomic E-state index is 4.19. The summed E-state index contributed by atoms with van der Waals surface area (Å²) in [6.07, 6.45) is 1.10. The van der Waals surface area contributed by atoms with Crippen LogP contribution in [0.2, 0.25) is 0 Å². The summed E-state index contributed by atoms with van der Waals surface area (Å²) in [6.45, 7) is 11.7. The molecule has 108 valence electrons. The highest BCUT2D eigenvalue weighted by atomic mass is 15.2. The van der Waals surface area contributed by atoms with Crippen molar-refractivity contribution in [1.82, 2.24) is 4.90 Å².